The van der Waals surface area contributed by atoms with Gasteiger partial charge in [0.05, 0.1) is 12.1 Å². The van der Waals surface area contributed by atoms with E-state index in [1.54, 1.807) is 12.1 Å². The number of halogens is 3. The van der Waals surface area contributed by atoms with E-state index in [1.165, 1.54) is 13.1 Å². The largest absolute Gasteiger partial charge is 0.399 e. The standard InChI is InChI=1S/C10H11BrF2N2O/c1-15(5-9(12)13)10(16)7-4-6(14)2-3-8(7)11/h2-4,9H,5,14H2,1H3. The summed E-state index contributed by atoms with van der Waals surface area (Å²) in [7, 11) is 1.32. The zero-order chi connectivity index (χ0) is 12.3. The molecule has 0 aliphatic carbocycles. The van der Waals surface area contributed by atoms with Gasteiger partial charge in [0.25, 0.3) is 12.3 Å². The number of nitrogen functional groups attached to an aromatic ring is 1. The van der Waals surface area contributed by atoms with Crippen molar-refractivity contribution in [3.63, 3.8) is 0 Å². The van der Waals surface area contributed by atoms with Crippen LogP contribution in [0.4, 0.5) is 14.5 Å². The summed E-state index contributed by atoms with van der Waals surface area (Å²) in [4.78, 5) is 12.7. The fraction of sp³-hybridized carbons (Fsp3) is 0.300. The molecule has 0 atom stereocenters. The molecule has 0 radical (unpaired) electrons. The first-order chi connectivity index (χ1) is 7.41. The molecule has 0 unspecified atom stereocenters. The second-order valence-electron chi connectivity index (χ2n) is 3.32. The summed E-state index contributed by atoms with van der Waals surface area (Å²) >= 11 is 3.18. The van der Waals surface area contributed by atoms with Crippen molar-refractivity contribution in [2.75, 3.05) is 19.3 Å². The van der Waals surface area contributed by atoms with Gasteiger partial charge in [0, 0.05) is 17.2 Å². The molecule has 0 saturated heterocycles. The van der Waals surface area contributed by atoms with Crippen molar-refractivity contribution in [2.24, 2.45) is 0 Å². The normalized spacial score (nSPS) is 10.6. The summed E-state index contributed by atoms with van der Waals surface area (Å²) in [6.07, 6.45) is -2.55. The van der Waals surface area contributed by atoms with Crippen LogP contribution in [0.5, 0.6) is 0 Å². The maximum absolute atomic E-state index is 12.1. The fourth-order valence-electron chi connectivity index (χ4n) is 1.20. The van der Waals surface area contributed by atoms with Gasteiger partial charge in [0.15, 0.2) is 0 Å². The number of amides is 1. The summed E-state index contributed by atoms with van der Waals surface area (Å²) in [5.41, 5.74) is 6.22. The third-order valence-corrected chi connectivity index (χ3v) is 2.67. The zero-order valence-corrected chi connectivity index (χ0v) is 10.2. The van der Waals surface area contributed by atoms with E-state index in [4.69, 9.17) is 5.73 Å². The number of hydrogen-bond acceptors (Lipinski definition) is 2. The first-order valence-electron chi connectivity index (χ1n) is 4.50. The minimum absolute atomic E-state index is 0.281. The van der Waals surface area contributed by atoms with Gasteiger partial charge in [0.2, 0.25) is 0 Å². The summed E-state index contributed by atoms with van der Waals surface area (Å²) in [6.45, 7) is -0.597. The zero-order valence-electron chi connectivity index (χ0n) is 8.58. The molecule has 6 heteroatoms. The van der Waals surface area contributed by atoms with Crippen molar-refractivity contribution in [2.45, 2.75) is 6.43 Å². The molecule has 1 amide bonds. The molecule has 1 aromatic carbocycles. The topological polar surface area (TPSA) is 46.3 Å². The summed E-state index contributed by atoms with van der Waals surface area (Å²) in [5, 5.41) is 0. The first kappa shape index (κ1) is 12.9. The molecule has 0 aliphatic heterocycles. The average Bonchev–Trinajstić information content (AvgIpc) is 2.19. The Morgan fingerprint density at radius 2 is 2.19 bits per heavy atom. The molecule has 0 spiro atoms. The Hall–Kier alpha value is -1.17. The Bertz CT molecular complexity index is 398. The smallest absolute Gasteiger partial charge is 0.255 e. The van der Waals surface area contributed by atoms with Crippen LogP contribution in [0.3, 0.4) is 0 Å². The van der Waals surface area contributed by atoms with Gasteiger partial charge < -0.3 is 10.6 Å². The highest BCUT2D eigenvalue weighted by Gasteiger charge is 2.18. The van der Waals surface area contributed by atoms with Gasteiger partial charge in [-0.15, -0.1) is 0 Å². The molecule has 0 fully saturated rings. The van der Waals surface area contributed by atoms with Crippen molar-refractivity contribution in [3.8, 4) is 0 Å². The first-order valence-corrected chi connectivity index (χ1v) is 5.29. The number of hydrogen-bond donors (Lipinski definition) is 1. The van der Waals surface area contributed by atoms with Gasteiger partial charge in [-0.05, 0) is 34.1 Å². The molecule has 0 aliphatic rings. The van der Waals surface area contributed by atoms with Gasteiger partial charge in [-0.25, -0.2) is 8.78 Å². The number of benzene rings is 1. The monoisotopic (exact) mass is 292 g/mol. The molecular weight excluding hydrogens is 282 g/mol. The highest BCUT2D eigenvalue weighted by molar-refractivity contribution is 9.10. The quantitative estimate of drug-likeness (QED) is 0.870. The van der Waals surface area contributed by atoms with Crippen LogP contribution < -0.4 is 5.73 Å². The van der Waals surface area contributed by atoms with Crippen LogP contribution in [0.15, 0.2) is 22.7 Å². The number of anilines is 1. The van der Waals surface area contributed by atoms with E-state index in [1.807, 2.05) is 0 Å². The van der Waals surface area contributed by atoms with E-state index in [2.05, 4.69) is 15.9 Å². The molecule has 1 rings (SSSR count). The highest BCUT2D eigenvalue weighted by Crippen LogP contribution is 2.21. The third kappa shape index (κ3) is 3.16. The van der Waals surface area contributed by atoms with Gasteiger partial charge in [0.1, 0.15) is 0 Å². The molecule has 3 nitrogen and oxygen atoms in total. The molecule has 88 valence electrons. The van der Waals surface area contributed by atoms with Gasteiger partial charge in [-0.3, -0.25) is 4.79 Å². The van der Waals surface area contributed by atoms with Crippen LogP contribution >= 0.6 is 15.9 Å². The fourth-order valence-corrected chi connectivity index (χ4v) is 1.62. The molecule has 2 N–H and O–H groups in total. The average molecular weight is 293 g/mol. The van der Waals surface area contributed by atoms with E-state index in [0.29, 0.717) is 10.2 Å². The van der Waals surface area contributed by atoms with E-state index in [-0.39, 0.29) is 5.56 Å². The number of rotatable bonds is 3. The number of nitrogens with zero attached hydrogens (tertiary/aromatic N) is 1. The van der Waals surface area contributed by atoms with E-state index in [9.17, 15) is 13.6 Å². The van der Waals surface area contributed by atoms with Gasteiger partial charge in [-0.2, -0.15) is 0 Å². The predicted molar refractivity (Wildman–Crippen MR) is 61.5 cm³/mol. The minimum atomic E-state index is -2.55. The van der Waals surface area contributed by atoms with Crippen molar-refractivity contribution in [3.05, 3.63) is 28.2 Å². The summed E-state index contributed by atoms with van der Waals surface area (Å²) < 4.78 is 24.8. The van der Waals surface area contributed by atoms with Crippen molar-refractivity contribution in [1.82, 2.24) is 4.90 Å². The maximum atomic E-state index is 12.1. The second kappa shape index (κ2) is 5.25. The van der Waals surface area contributed by atoms with Crippen LogP contribution in [0.25, 0.3) is 0 Å². The van der Waals surface area contributed by atoms with E-state index < -0.39 is 18.9 Å². The summed E-state index contributed by atoms with van der Waals surface area (Å²) in [5.74, 6) is -0.487. The molecule has 1 aromatic rings. The Morgan fingerprint density at radius 1 is 1.56 bits per heavy atom. The van der Waals surface area contributed by atoms with Crippen LogP contribution in [-0.4, -0.2) is 30.8 Å². The van der Waals surface area contributed by atoms with Gasteiger partial charge >= 0.3 is 0 Å². The summed E-state index contributed by atoms with van der Waals surface area (Å²) in [6, 6.07) is 4.68. The SMILES string of the molecule is CN(CC(F)F)C(=O)c1cc(N)ccc1Br. The minimum Gasteiger partial charge on any atom is -0.399 e. The highest BCUT2D eigenvalue weighted by atomic mass is 79.9. The number of carbonyl (C=O) groups is 1. The van der Waals surface area contributed by atoms with Crippen LogP contribution in [0.2, 0.25) is 0 Å². The second-order valence-corrected chi connectivity index (χ2v) is 4.17. The molecule has 16 heavy (non-hydrogen) atoms. The molecule has 0 saturated carbocycles. The van der Waals surface area contributed by atoms with E-state index in [0.717, 1.165) is 4.90 Å². The number of carbonyl (C=O) groups excluding carboxylic acids is 1. The molecule has 0 bridgehead atoms. The molecular formula is C10H11BrF2N2O. The predicted octanol–water partition coefficient (Wildman–Crippen LogP) is 2.37. The van der Waals surface area contributed by atoms with Crippen LogP contribution in [0.1, 0.15) is 10.4 Å². The Labute approximate surface area is 100 Å². The van der Waals surface area contributed by atoms with Crippen molar-refractivity contribution in [1.29, 1.82) is 0 Å². The third-order valence-electron chi connectivity index (χ3n) is 1.98. The van der Waals surface area contributed by atoms with Gasteiger partial charge in [-0.1, -0.05) is 0 Å². The Kier molecular flexibility index (Phi) is 4.23. The molecule has 0 aromatic heterocycles. The Morgan fingerprint density at radius 3 is 2.75 bits per heavy atom. The lowest BCUT2D eigenvalue weighted by molar-refractivity contribution is 0.0619. The number of alkyl halides is 2. The Balaban J connectivity index is 2.91. The molecule has 0 heterocycles. The lowest BCUT2D eigenvalue weighted by Crippen LogP contribution is -2.31. The van der Waals surface area contributed by atoms with Crippen molar-refractivity contribution >= 4 is 27.5 Å². The maximum Gasteiger partial charge on any atom is 0.255 e. The number of nitrogens with two attached hydrogens (primary N) is 1. The van der Waals surface area contributed by atoms with Crippen molar-refractivity contribution < 1.29 is 13.6 Å². The lowest BCUT2D eigenvalue weighted by atomic mass is 10.2. The van der Waals surface area contributed by atoms with Crippen LogP contribution in [0, 0.1) is 0 Å². The lowest BCUT2D eigenvalue weighted by Gasteiger charge is -2.17. The van der Waals surface area contributed by atoms with E-state index >= 15 is 0 Å². The van der Waals surface area contributed by atoms with Crippen LogP contribution in [-0.2, 0) is 0 Å².